The molecule has 0 saturated carbocycles. The molecule has 0 heterocycles. The summed E-state index contributed by atoms with van der Waals surface area (Å²) in [5.74, 6) is 0.0694. The summed E-state index contributed by atoms with van der Waals surface area (Å²) in [5.41, 5.74) is 2.46. The van der Waals surface area contributed by atoms with E-state index in [1.807, 2.05) is 6.92 Å². The van der Waals surface area contributed by atoms with Gasteiger partial charge in [0.15, 0.2) is 0 Å². The normalized spacial score (nSPS) is 13.9. The molecule has 106 valence electrons. The van der Waals surface area contributed by atoms with Gasteiger partial charge in [0.05, 0.1) is 6.54 Å². The van der Waals surface area contributed by atoms with Crippen LogP contribution in [-0.4, -0.2) is 18.5 Å². The molecule has 1 unspecified atom stereocenters. The molecule has 0 bridgehead atoms. The maximum Gasteiger partial charge on any atom is 0.234 e. The molecule has 1 aromatic rings. The van der Waals surface area contributed by atoms with Crippen molar-refractivity contribution < 1.29 is 4.79 Å². The van der Waals surface area contributed by atoms with Gasteiger partial charge in [-0.2, -0.15) is 0 Å². The minimum Gasteiger partial charge on any atom is -0.353 e. The van der Waals surface area contributed by atoms with Gasteiger partial charge in [-0.25, -0.2) is 0 Å². The molecule has 0 fully saturated rings. The Morgan fingerprint density at radius 3 is 2.42 bits per heavy atom. The number of carbonyl (C=O) groups excluding carboxylic acids is 1. The zero-order valence-corrected chi connectivity index (χ0v) is 12.5. The third-order valence-corrected chi connectivity index (χ3v) is 3.28. The van der Waals surface area contributed by atoms with Crippen molar-refractivity contribution in [2.75, 3.05) is 6.54 Å². The lowest BCUT2D eigenvalue weighted by Gasteiger charge is -2.16. The average molecular weight is 262 g/mol. The lowest BCUT2D eigenvalue weighted by Crippen LogP contribution is -2.39. The largest absolute Gasteiger partial charge is 0.353 e. The standard InChI is InChI=1S/C16H26N2O/c1-5-6-13(3)18-16(19)11-17-14(4)15-9-7-12(2)8-10-15/h7-10,13-14,17H,5-6,11H2,1-4H3,(H,18,19)/t13?,14-/m1/s1. The fourth-order valence-corrected chi connectivity index (χ4v) is 2.05. The van der Waals surface area contributed by atoms with Crippen LogP contribution in [0.25, 0.3) is 0 Å². The highest BCUT2D eigenvalue weighted by atomic mass is 16.1. The smallest absolute Gasteiger partial charge is 0.234 e. The molecule has 3 nitrogen and oxygen atoms in total. The molecule has 0 spiro atoms. The van der Waals surface area contributed by atoms with E-state index < -0.39 is 0 Å². The lowest BCUT2D eigenvalue weighted by atomic mass is 10.1. The summed E-state index contributed by atoms with van der Waals surface area (Å²) in [6, 6.07) is 8.84. The monoisotopic (exact) mass is 262 g/mol. The Balaban J connectivity index is 2.35. The summed E-state index contributed by atoms with van der Waals surface area (Å²) in [4.78, 5) is 11.7. The number of hydrogen-bond acceptors (Lipinski definition) is 2. The molecule has 1 rings (SSSR count). The second-order valence-corrected chi connectivity index (χ2v) is 5.27. The van der Waals surface area contributed by atoms with Crippen LogP contribution in [0.2, 0.25) is 0 Å². The Bertz CT molecular complexity index is 386. The van der Waals surface area contributed by atoms with Crippen molar-refractivity contribution in [2.24, 2.45) is 0 Å². The quantitative estimate of drug-likeness (QED) is 0.793. The summed E-state index contributed by atoms with van der Waals surface area (Å²) in [6.07, 6.45) is 2.12. The van der Waals surface area contributed by atoms with Gasteiger partial charge in [0, 0.05) is 12.1 Å². The van der Waals surface area contributed by atoms with Crippen LogP contribution in [0.4, 0.5) is 0 Å². The van der Waals surface area contributed by atoms with Crippen LogP contribution >= 0.6 is 0 Å². The minimum atomic E-state index is 0.0694. The molecule has 0 aliphatic rings. The van der Waals surface area contributed by atoms with Crippen molar-refractivity contribution in [1.82, 2.24) is 10.6 Å². The summed E-state index contributed by atoms with van der Waals surface area (Å²) in [5, 5.41) is 6.25. The molecule has 0 radical (unpaired) electrons. The zero-order chi connectivity index (χ0) is 14.3. The summed E-state index contributed by atoms with van der Waals surface area (Å²) >= 11 is 0. The van der Waals surface area contributed by atoms with Gasteiger partial charge < -0.3 is 10.6 Å². The molecular weight excluding hydrogens is 236 g/mol. The van der Waals surface area contributed by atoms with E-state index in [1.54, 1.807) is 0 Å². The molecule has 0 aliphatic heterocycles. The maximum atomic E-state index is 11.7. The first-order chi connectivity index (χ1) is 9.02. The van der Waals surface area contributed by atoms with Crippen molar-refractivity contribution in [3.63, 3.8) is 0 Å². The Morgan fingerprint density at radius 2 is 1.84 bits per heavy atom. The molecule has 0 aromatic heterocycles. The van der Waals surface area contributed by atoms with Crippen LogP contribution in [0, 0.1) is 6.92 Å². The average Bonchev–Trinajstić information content (AvgIpc) is 2.37. The number of aryl methyl sites for hydroxylation is 1. The van der Waals surface area contributed by atoms with E-state index in [2.05, 4.69) is 55.7 Å². The van der Waals surface area contributed by atoms with E-state index >= 15 is 0 Å². The first-order valence-corrected chi connectivity index (χ1v) is 7.12. The van der Waals surface area contributed by atoms with E-state index in [0.717, 1.165) is 12.8 Å². The molecule has 3 heteroatoms. The van der Waals surface area contributed by atoms with Gasteiger partial charge in [0.25, 0.3) is 0 Å². The van der Waals surface area contributed by atoms with Crippen molar-refractivity contribution in [2.45, 2.75) is 52.6 Å². The van der Waals surface area contributed by atoms with Gasteiger partial charge in [-0.3, -0.25) is 4.79 Å². The third-order valence-electron chi connectivity index (χ3n) is 3.28. The zero-order valence-electron chi connectivity index (χ0n) is 12.5. The van der Waals surface area contributed by atoms with Gasteiger partial charge in [0.2, 0.25) is 5.91 Å². The first kappa shape index (κ1) is 15.7. The number of carbonyl (C=O) groups is 1. The number of nitrogens with one attached hydrogen (secondary N) is 2. The van der Waals surface area contributed by atoms with E-state index in [9.17, 15) is 4.79 Å². The third kappa shape index (κ3) is 5.88. The van der Waals surface area contributed by atoms with Gasteiger partial charge in [0.1, 0.15) is 0 Å². The van der Waals surface area contributed by atoms with Gasteiger partial charge >= 0.3 is 0 Å². The Labute approximate surface area is 116 Å². The minimum absolute atomic E-state index is 0.0694. The Morgan fingerprint density at radius 1 is 1.21 bits per heavy atom. The fraction of sp³-hybridized carbons (Fsp3) is 0.562. The van der Waals surface area contributed by atoms with Gasteiger partial charge in [-0.05, 0) is 32.8 Å². The highest BCUT2D eigenvalue weighted by molar-refractivity contribution is 5.78. The van der Waals surface area contributed by atoms with Crippen LogP contribution in [-0.2, 0) is 4.79 Å². The van der Waals surface area contributed by atoms with Crippen molar-refractivity contribution in [3.8, 4) is 0 Å². The van der Waals surface area contributed by atoms with E-state index in [0.29, 0.717) is 6.54 Å². The lowest BCUT2D eigenvalue weighted by molar-refractivity contribution is -0.121. The molecule has 2 atom stereocenters. The Hall–Kier alpha value is -1.35. The molecule has 1 amide bonds. The number of amides is 1. The molecule has 0 saturated heterocycles. The molecule has 1 aromatic carbocycles. The number of hydrogen-bond donors (Lipinski definition) is 2. The maximum absolute atomic E-state index is 11.7. The Kier molecular flexibility index (Phi) is 6.57. The molecule has 2 N–H and O–H groups in total. The predicted octanol–water partition coefficient (Wildman–Crippen LogP) is 2.95. The highest BCUT2D eigenvalue weighted by Crippen LogP contribution is 2.12. The van der Waals surface area contributed by atoms with Gasteiger partial charge in [-0.15, -0.1) is 0 Å². The predicted molar refractivity (Wildman–Crippen MR) is 80.1 cm³/mol. The van der Waals surface area contributed by atoms with Crippen molar-refractivity contribution in [1.29, 1.82) is 0 Å². The SMILES string of the molecule is CCCC(C)NC(=O)CN[C@H](C)c1ccc(C)cc1. The van der Waals surface area contributed by atoms with E-state index in [4.69, 9.17) is 0 Å². The van der Waals surface area contributed by atoms with Crippen molar-refractivity contribution in [3.05, 3.63) is 35.4 Å². The van der Waals surface area contributed by atoms with Crippen LogP contribution in [0.1, 0.15) is 50.8 Å². The van der Waals surface area contributed by atoms with Gasteiger partial charge in [-0.1, -0.05) is 43.2 Å². The summed E-state index contributed by atoms with van der Waals surface area (Å²) in [6.45, 7) is 8.69. The summed E-state index contributed by atoms with van der Waals surface area (Å²) in [7, 11) is 0. The molecule has 19 heavy (non-hydrogen) atoms. The second-order valence-electron chi connectivity index (χ2n) is 5.27. The second kappa shape index (κ2) is 7.95. The van der Waals surface area contributed by atoms with E-state index in [1.165, 1.54) is 11.1 Å². The number of rotatable bonds is 7. The van der Waals surface area contributed by atoms with Crippen LogP contribution < -0.4 is 10.6 Å². The summed E-state index contributed by atoms with van der Waals surface area (Å²) < 4.78 is 0. The topological polar surface area (TPSA) is 41.1 Å². The van der Waals surface area contributed by atoms with E-state index in [-0.39, 0.29) is 18.0 Å². The van der Waals surface area contributed by atoms with Crippen LogP contribution in [0.5, 0.6) is 0 Å². The number of benzene rings is 1. The molecular formula is C16H26N2O. The van der Waals surface area contributed by atoms with Crippen LogP contribution in [0.15, 0.2) is 24.3 Å². The fourth-order valence-electron chi connectivity index (χ4n) is 2.05. The molecule has 0 aliphatic carbocycles. The van der Waals surface area contributed by atoms with Crippen molar-refractivity contribution >= 4 is 5.91 Å². The first-order valence-electron chi connectivity index (χ1n) is 7.12. The van der Waals surface area contributed by atoms with Crippen LogP contribution in [0.3, 0.4) is 0 Å². The highest BCUT2D eigenvalue weighted by Gasteiger charge is 2.09.